The van der Waals surface area contributed by atoms with Gasteiger partial charge in [0.15, 0.2) is 0 Å². The molecule has 0 unspecified atom stereocenters. The summed E-state index contributed by atoms with van der Waals surface area (Å²) in [6.07, 6.45) is 0.629. The predicted octanol–water partition coefficient (Wildman–Crippen LogP) is 4.65. The number of H-pyrrole nitrogens is 1. The minimum Gasteiger partial charge on any atom is -0.369 e. The van der Waals surface area contributed by atoms with Crippen molar-refractivity contribution >= 4 is 48.5 Å². The Morgan fingerprint density at radius 3 is 2.35 bits per heavy atom. The Morgan fingerprint density at radius 2 is 1.52 bits per heavy atom. The summed E-state index contributed by atoms with van der Waals surface area (Å²) in [6, 6.07) is 24.7. The van der Waals surface area contributed by atoms with Crippen LogP contribution in [0.2, 0.25) is 0 Å². The van der Waals surface area contributed by atoms with Gasteiger partial charge in [-0.1, -0.05) is 54.6 Å². The van der Waals surface area contributed by atoms with E-state index in [2.05, 4.69) is 33.2 Å². The van der Waals surface area contributed by atoms with Crippen molar-refractivity contribution in [2.24, 2.45) is 0 Å². The van der Waals surface area contributed by atoms with Crippen LogP contribution in [0.1, 0.15) is 6.42 Å². The number of aromatic amines is 1. The molecule has 5 aromatic rings. The first kappa shape index (κ1) is 19.5. The summed E-state index contributed by atoms with van der Waals surface area (Å²) in [5.41, 5.74) is 3.03. The maximum absolute atomic E-state index is 12.4. The molecule has 5 rings (SSSR count). The topological polar surface area (TPSA) is 86.9 Å². The summed E-state index contributed by atoms with van der Waals surface area (Å²) in [5.74, 6) is 0.803. The number of aromatic nitrogens is 2. The zero-order valence-electron chi connectivity index (χ0n) is 16.8. The maximum Gasteiger partial charge on any atom is 0.240 e. The van der Waals surface area contributed by atoms with Crippen molar-refractivity contribution < 1.29 is 8.42 Å². The molecule has 0 spiro atoms. The van der Waals surface area contributed by atoms with Crippen LogP contribution in [-0.4, -0.2) is 31.5 Å². The minimum atomic E-state index is -3.49. The predicted molar refractivity (Wildman–Crippen MR) is 126 cm³/mol. The summed E-state index contributed by atoms with van der Waals surface area (Å²) in [7, 11) is -3.49. The zero-order valence-corrected chi connectivity index (χ0v) is 17.6. The Balaban J connectivity index is 1.37. The van der Waals surface area contributed by atoms with Crippen LogP contribution in [0.5, 0.6) is 0 Å². The molecule has 0 atom stereocenters. The summed E-state index contributed by atoms with van der Waals surface area (Å²) in [4.78, 5) is 8.66. The smallest absolute Gasteiger partial charge is 0.240 e. The Bertz CT molecular complexity index is 1480. The summed E-state index contributed by atoms with van der Waals surface area (Å²) >= 11 is 0. The molecule has 3 N–H and O–H groups in total. The van der Waals surface area contributed by atoms with Crippen molar-refractivity contribution in [3.8, 4) is 0 Å². The van der Waals surface area contributed by atoms with Crippen LogP contribution in [0.3, 0.4) is 0 Å². The van der Waals surface area contributed by atoms with Crippen molar-refractivity contribution in [3.05, 3.63) is 78.9 Å². The van der Waals surface area contributed by atoms with Crippen molar-refractivity contribution in [2.45, 2.75) is 11.3 Å². The van der Waals surface area contributed by atoms with E-state index in [0.717, 1.165) is 38.5 Å². The standard InChI is InChI=1S/C24H22N4O2S/c29-31(30,17-9-2-1-3-10-17)26-16-8-15-25-24-22-18-11-4-6-13-20(18)27-23(22)19-12-5-7-14-21(19)28-24/h1-7,9-14,26-27H,8,15-16H2,(H,25,28). The third-order valence-electron chi connectivity index (χ3n) is 5.34. The van der Waals surface area contributed by atoms with Gasteiger partial charge in [0.25, 0.3) is 0 Å². The Morgan fingerprint density at radius 1 is 0.806 bits per heavy atom. The zero-order chi connectivity index (χ0) is 21.3. The molecule has 2 heterocycles. The molecule has 0 aliphatic rings. The van der Waals surface area contributed by atoms with E-state index >= 15 is 0 Å². The van der Waals surface area contributed by atoms with Crippen LogP contribution in [-0.2, 0) is 10.0 Å². The minimum absolute atomic E-state index is 0.277. The van der Waals surface area contributed by atoms with Crippen molar-refractivity contribution in [1.29, 1.82) is 0 Å². The number of nitrogens with zero attached hydrogens (tertiary/aromatic N) is 1. The second-order valence-electron chi connectivity index (χ2n) is 7.39. The van der Waals surface area contributed by atoms with Gasteiger partial charge in [-0.05, 0) is 30.7 Å². The number of para-hydroxylation sites is 2. The number of pyridine rings is 1. The fourth-order valence-corrected chi connectivity index (χ4v) is 4.96. The number of rotatable bonds is 7. The molecule has 0 saturated heterocycles. The van der Waals surface area contributed by atoms with Gasteiger partial charge in [0.1, 0.15) is 5.82 Å². The van der Waals surface area contributed by atoms with Gasteiger partial charge in [-0.2, -0.15) is 0 Å². The Kier molecular flexibility index (Phi) is 5.05. The first-order chi connectivity index (χ1) is 15.1. The highest BCUT2D eigenvalue weighted by atomic mass is 32.2. The SMILES string of the molecule is O=S(=O)(NCCCNc1nc2ccccc2c2[nH]c3ccccc3c12)c1ccccc1. The van der Waals surface area contributed by atoms with Crippen LogP contribution in [0.4, 0.5) is 5.82 Å². The van der Waals surface area contributed by atoms with E-state index in [1.165, 1.54) is 0 Å². The highest BCUT2D eigenvalue weighted by Gasteiger charge is 2.14. The molecule has 0 aliphatic carbocycles. The normalized spacial score (nSPS) is 12.0. The number of sulfonamides is 1. The van der Waals surface area contributed by atoms with E-state index in [1.54, 1.807) is 30.3 Å². The molecule has 2 aromatic heterocycles. The van der Waals surface area contributed by atoms with Gasteiger partial charge < -0.3 is 10.3 Å². The Hall–Kier alpha value is -3.42. The highest BCUT2D eigenvalue weighted by Crippen LogP contribution is 2.34. The van der Waals surface area contributed by atoms with E-state index in [0.29, 0.717) is 19.5 Å². The van der Waals surface area contributed by atoms with Gasteiger partial charge in [-0.3, -0.25) is 0 Å². The van der Waals surface area contributed by atoms with Gasteiger partial charge in [-0.15, -0.1) is 0 Å². The number of anilines is 1. The fraction of sp³-hybridized carbons (Fsp3) is 0.125. The van der Waals surface area contributed by atoms with Gasteiger partial charge in [0, 0.05) is 29.4 Å². The lowest BCUT2D eigenvalue weighted by Gasteiger charge is -2.10. The van der Waals surface area contributed by atoms with Crippen LogP contribution in [0.25, 0.3) is 32.7 Å². The molecule has 0 bridgehead atoms. The van der Waals surface area contributed by atoms with E-state index in [9.17, 15) is 8.42 Å². The van der Waals surface area contributed by atoms with E-state index in [4.69, 9.17) is 4.98 Å². The fourth-order valence-electron chi connectivity index (χ4n) is 3.86. The van der Waals surface area contributed by atoms with E-state index in [1.807, 2.05) is 30.3 Å². The van der Waals surface area contributed by atoms with E-state index in [-0.39, 0.29) is 4.90 Å². The lowest BCUT2D eigenvalue weighted by Crippen LogP contribution is -2.26. The van der Waals surface area contributed by atoms with Crippen LogP contribution < -0.4 is 10.0 Å². The number of nitrogens with one attached hydrogen (secondary N) is 3. The first-order valence-corrected chi connectivity index (χ1v) is 11.7. The molecular weight excluding hydrogens is 408 g/mol. The molecule has 6 nitrogen and oxygen atoms in total. The third-order valence-corrected chi connectivity index (χ3v) is 6.82. The molecule has 0 saturated carbocycles. The van der Waals surface area contributed by atoms with Crippen molar-refractivity contribution in [3.63, 3.8) is 0 Å². The number of hydrogen-bond donors (Lipinski definition) is 3. The second-order valence-corrected chi connectivity index (χ2v) is 9.16. The first-order valence-electron chi connectivity index (χ1n) is 10.2. The molecule has 0 aliphatic heterocycles. The summed E-state index contributed by atoms with van der Waals surface area (Å²) in [5, 5.41) is 6.67. The van der Waals surface area contributed by atoms with Gasteiger partial charge in [0.05, 0.1) is 21.3 Å². The number of hydrogen-bond acceptors (Lipinski definition) is 4. The molecule has 0 amide bonds. The average Bonchev–Trinajstić information content (AvgIpc) is 3.19. The van der Waals surface area contributed by atoms with Gasteiger partial charge in [0.2, 0.25) is 10.0 Å². The summed E-state index contributed by atoms with van der Waals surface area (Å²) in [6.45, 7) is 0.937. The molecule has 156 valence electrons. The number of fused-ring (bicyclic) bond motifs is 5. The van der Waals surface area contributed by atoms with Crippen molar-refractivity contribution in [1.82, 2.24) is 14.7 Å². The lowest BCUT2D eigenvalue weighted by atomic mass is 10.1. The Labute approximate surface area is 180 Å². The lowest BCUT2D eigenvalue weighted by molar-refractivity contribution is 0.580. The molecule has 7 heteroatoms. The molecule has 3 aromatic carbocycles. The van der Waals surface area contributed by atoms with Crippen LogP contribution in [0.15, 0.2) is 83.8 Å². The maximum atomic E-state index is 12.4. The van der Waals surface area contributed by atoms with Gasteiger partial charge >= 0.3 is 0 Å². The van der Waals surface area contributed by atoms with Crippen LogP contribution >= 0.6 is 0 Å². The number of benzene rings is 3. The van der Waals surface area contributed by atoms with Gasteiger partial charge in [-0.25, -0.2) is 18.1 Å². The van der Waals surface area contributed by atoms with Crippen molar-refractivity contribution in [2.75, 3.05) is 18.4 Å². The monoisotopic (exact) mass is 430 g/mol. The highest BCUT2D eigenvalue weighted by molar-refractivity contribution is 7.89. The quantitative estimate of drug-likeness (QED) is 0.328. The second kappa shape index (κ2) is 8.02. The summed E-state index contributed by atoms with van der Waals surface area (Å²) < 4.78 is 27.4. The third kappa shape index (κ3) is 3.73. The largest absolute Gasteiger partial charge is 0.369 e. The van der Waals surface area contributed by atoms with E-state index < -0.39 is 10.0 Å². The molecular formula is C24H22N4O2S. The molecule has 31 heavy (non-hydrogen) atoms. The molecule has 0 radical (unpaired) electrons. The average molecular weight is 431 g/mol. The van der Waals surface area contributed by atoms with Crippen LogP contribution in [0, 0.1) is 0 Å². The molecule has 0 fully saturated rings.